The van der Waals surface area contributed by atoms with Crippen molar-refractivity contribution in [1.82, 2.24) is 4.98 Å². The van der Waals surface area contributed by atoms with Crippen LogP contribution in [0, 0.1) is 0 Å². The van der Waals surface area contributed by atoms with Gasteiger partial charge >= 0.3 is 5.97 Å². The predicted octanol–water partition coefficient (Wildman–Crippen LogP) is 2.35. The van der Waals surface area contributed by atoms with Crippen LogP contribution in [-0.4, -0.2) is 35.3 Å². The molecule has 0 saturated carbocycles. The summed E-state index contributed by atoms with van der Waals surface area (Å²) in [5.41, 5.74) is 2.53. The van der Waals surface area contributed by atoms with Crippen molar-refractivity contribution in [1.29, 1.82) is 0 Å². The van der Waals surface area contributed by atoms with Gasteiger partial charge in [0.2, 0.25) is 0 Å². The Morgan fingerprint density at radius 2 is 2.04 bits per heavy atom. The predicted molar refractivity (Wildman–Crippen MR) is 88.2 cm³/mol. The van der Waals surface area contributed by atoms with E-state index < -0.39 is 5.97 Å². The summed E-state index contributed by atoms with van der Waals surface area (Å²) < 4.78 is 5.09. The fraction of sp³-hybridized carbons (Fsp3) is 0.278. The van der Waals surface area contributed by atoms with Gasteiger partial charge in [0.15, 0.2) is 12.4 Å². The van der Waals surface area contributed by atoms with Crippen LogP contribution in [0.3, 0.4) is 0 Å². The second-order valence-corrected chi connectivity index (χ2v) is 5.88. The number of nitrogens with zero attached hydrogens (tertiary/aromatic N) is 1. The number of esters is 1. The molecule has 2 aromatic rings. The van der Waals surface area contributed by atoms with E-state index >= 15 is 0 Å². The van der Waals surface area contributed by atoms with Gasteiger partial charge in [0.05, 0.1) is 0 Å². The molecule has 1 atom stereocenters. The molecule has 1 aliphatic rings. The number of ether oxygens (including phenoxy) is 1. The summed E-state index contributed by atoms with van der Waals surface area (Å²) in [6, 6.07) is 9.16. The Morgan fingerprint density at radius 1 is 1.29 bits per heavy atom. The Hall–Kier alpha value is -2.89. The van der Waals surface area contributed by atoms with Crippen molar-refractivity contribution in [3.05, 3.63) is 53.3 Å². The molecule has 1 amide bonds. The number of anilines is 1. The Morgan fingerprint density at radius 3 is 2.75 bits per heavy atom. The summed E-state index contributed by atoms with van der Waals surface area (Å²) in [6.07, 6.45) is 2.23. The van der Waals surface area contributed by atoms with Gasteiger partial charge in [-0.05, 0) is 38.0 Å². The van der Waals surface area contributed by atoms with Gasteiger partial charge in [0.1, 0.15) is 5.69 Å². The van der Waals surface area contributed by atoms with Crippen LogP contribution in [0.25, 0.3) is 0 Å². The van der Waals surface area contributed by atoms with E-state index in [0.29, 0.717) is 5.56 Å². The van der Waals surface area contributed by atoms with Crippen molar-refractivity contribution in [3.8, 4) is 0 Å². The number of nitrogens with one attached hydrogen (secondary N) is 1. The number of carbonyl (C=O) groups excluding carboxylic acids is 3. The normalized spacial score (nSPS) is 15.9. The number of benzene rings is 1. The molecule has 0 bridgehead atoms. The van der Waals surface area contributed by atoms with Gasteiger partial charge in [-0.15, -0.1) is 0 Å². The fourth-order valence-corrected chi connectivity index (χ4v) is 2.94. The third-order valence-corrected chi connectivity index (χ3v) is 4.11. The Kier molecular flexibility index (Phi) is 4.20. The molecule has 3 rings (SSSR count). The quantitative estimate of drug-likeness (QED) is 0.691. The summed E-state index contributed by atoms with van der Waals surface area (Å²) in [5, 5.41) is 0. The minimum absolute atomic E-state index is 0.0309. The van der Waals surface area contributed by atoms with Crippen LogP contribution < -0.4 is 4.90 Å². The lowest BCUT2D eigenvalue weighted by atomic mass is 10.1. The first-order valence-corrected chi connectivity index (χ1v) is 7.74. The second kappa shape index (κ2) is 6.31. The number of carbonyl (C=O) groups is 3. The van der Waals surface area contributed by atoms with Crippen molar-refractivity contribution in [2.45, 2.75) is 26.3 Å². The highest BCUT2D eigenvalue weighted by Crippen LogP contribution is 2.31. The van der Waals surface area contributed by atoms with Crippen molar-refractivity contribution in [3.63, 3.8) is 0 Å². The van der Waals surface area contributed by atoms with Crippen LogP contribution in [-0.2, 0) is 16.0 Å². The molecule has 1 aliphatic heterocycles. The van der Waals surface area contributed by atoms with E-state index in [-0.39, 0.29) is 30.0 Å². The first kappa shape index (κ1) is 16.0. The molecule has 2 heterocycles. The number of Topliss-reactive ketones (excluding diaryl/α,β-unsaturated/α-hetero) is 1. The minimum Gasteiger partial charge on any atom is -0.451 e. The summed E-state index contributed by atoms with van der Waals surface area (Å²) >= 11 is 0. The Bertz CT molecular complexity index is 809. The van der Waals surface area contributed by atoms with E-state index in [9.17, 15) is 14.4 Å². The number of hydrogen-bond donors (Lipinski definition) is 1. The number of hydrogen-bond acceptors (Lipinski definition) is 4. The highest BCUT2D eigenvalue weighted by molar-refractivity contribution is 6.00. The molecule has 6 heteroatoms. The molecular weight excluding hydrogens is 308 g/mol. The van der Waals surface area contributed by atoms with E-state index in [1.165, 1.54) is 19.2 Å². The molecule has 6 nitrogen and oxygen atoms in total. The minimum atomic E-state index is -0.656. The zero-order valence-electron chi connectivity index (χ0n) is 13.5. The summed E-state index contributed by atoms with van der Waals surface area (Å²) in [7, 11) is 0. The van der Waals surface area contributed by atoms with Gasteiger partial charge in [-0.25, -0.2) is 4.79 Å². The number of rotatable bonds is 4. The summed E-state index contributed by atoms with van der Waals surface area (Å²) in [6.45, 7) is 3.03. The zero-order valence-corrected chi connectivity index (χ0v) is 13.5. The average Bonchev–Trinajstić information content (AvgIpc) is 3.16. The Balaban J connectivity index is 1.65. The number of ketones is 1. The lowest BCUT2D eigenvalue weighted by molar-refractivity contribution is -0.122. The molecule has 0 radical (unpaired) electrons. The molecule has 24 heavy (non-hydrogen) atoms. The first-order valence-electron chi connectivity index (χ1n) is 7.74. The van der Waals surface area contributed by atoms with Gasteiger partial charge in [0.25, 0.3) is 5.91 Å². The van der Waals surface area contributed by atoms with Crippen molar-refractivity contribution >= 4 is 23.3 Å². The van der Waals surface area contributed by atoms with Crippen molar-refractivity contribution < 1.29 is 19.1 Å². The van der Waals surface area contributed by atoms with E-state index in [1.807, 2.05) is 31.2 Å². The molecule has 0 aliphatic carbocycles. The average molecular weight is 326 g/mol. The lowest BCUT2D eigenvalue weighted by Gasteiger charge is -2.22. The van der Waals surface area contributed by atoms with Crippen LogP contribution in [0.15, 0.2) is 36.5 Å². The third kappa shape index (κ3) is 2.95. The Labute approximate surface area is 139 Å². The fourth-order valence-electron chi connectivity index (χ4n) is 2.94. The van der Waals surface area contributed by atoms with E-state index in [1.54, 1.807) is 4.90 Å². The van der Waals surface area contributed by atoms with Gasteiger partial charge in [-0.2, -0.15) is 0 Å². The number of amides is 1. The smallest absolute Gasteiger partial charge is 0.355 e. The zero-order chi connectivity index (χ0) is 17.3. The number of para-hydroxylation sites is 1. The maximum Gasteiger partial charge on any atom is 0.355 e. The van der Waals surface area contributed by atoms with E-state index in [0.717, 1.165) is 17.7 Å². The summed E-state index contributed by atoms with van der Waals surface area (Å²) in [4.78, 5) is 40.0. The maximum atomic E-state index is 12.5. The van der Waals surface area contributed by atoms with Crippen molar-refractivity contribution in [2.24, 2.45) is 0 Å². The van der Waals surface area contributed by atoms with Crippen molar-refractivity contribution in [2.75, 3.05) is 11.5 Å². The number of aromatic amines is 1. The van der Waals surface area contributed by atoms with Crippen LogP contribution in [0.2, 0.25) is 0 Å². The molecule has 1 aromatic carbocycles. The number of fused-ring (bicyclic) bond motifs is 1. The molecule has 124 valence electrons. The van der Waals surface area contributed by atoms with Gasteiger partial charge in [-0.1, -0.05) is 18.2 Å². The van der Waals surface area contributed by atoms with E-state index in [4.69, 9.17) is 4.74 Å². The van der Waals surface area contributed by atoms with Gasteiger partial charge in [-0.3, -0.25) is 9.59 Å². The highest BCUT2D eigenvalue weighted by atomic mass is 16.5. The van der Waals surface area contributed by atoms with Gasteiger partial charge < -0.3 is 14.6 Å². The van der Waals surface area contributed by atoms with Crippen LogP contribution in [0.4, 0.5) is 5.69 Å². The molecule has 1 N–H and O–H groups in total. The molecule has 0 fully saturated rings. The first-order chi connectivity index (χ1) is 11.5. The highest BCUT2D eigenvalue weighted by Gasteiger charge is 2.31. The maximum absolute atomic E-state index is 12.5. The molecule has 0 unspecified atom stereocenters. The van der Waals surface area contributed by atoms with Gasteiger partial charge in [0, 0.05) is 23.5 Å². The SMILES string of the molecule is CC(=O)c1c[nH]c(C(=O)OCC(=O)N2c3ccccc3C[C@@H]2C)c1. The van der Waals surface area contributed by atoms with Crippen LogP contribution in [0.1, 0.15) is 40.3 Å². The molecular formula is C18H18N2O4. The monoisotopic (exact) mass is 326 g/mol. The topological polar surface area (TPSA) is 79.5 Å². The third-order valence-electron chi connectivity index (χ3n) is 4.11. The van der Waals surface area contributed by atoms with Crippen LogP contribution >= 0.6 is 0 Å². The van der Waals surface area contributed by atoms with E-state index in [2.05, 4.69) is 4.98 Å². The molecule has 1 aromatic heterocycles. The number of H-pyrrole nitrogens is 1. The van der Waals surface area contributed by atoms with Crippen LogP contribution in [0.5, 0.6) is 0 Å². The standard InChI is InChI=1S/C18H18N2O4/c1-11-7-13-5-3-4-6-16(13)20(11)17(22)10-24-18(23)15-8-14(9-19-15)12(2)21/h3-6,8-9,11,19H,7,10H2,1-2H3/t11-/m0/s1. The largest absolute Gasteiger partial charge is 0.451 e. The lowest BCUT2D eigenvalue weighted by Crippen LogP contribution is -2.38. The second-order valence-electron chi connectivity index (χ2n) is 5.88. The molecule has 0 saturated heterocycles. The molecule has 0 spiro atoms. The summed E-state index contributed by atoms with van der Waals surface area (Å²) in [5.74, 6) is -1.07. The number of aromatic nitrogens is 1.